The highest BCUT2D eigenvalue weighted by Crippen LogP contribution is 2.35. The summed E-state index contributed by atoms with van der Waals surface area (Å²) >= 11 is 0. The molecule has 164 valence electrons. The van der Waals surface area contributed by atoms with Crippen molar-refractivity contribution >= 4 is 17.3 Å². The van der Waals surface area contributed by atoms with Crippen LogP contribution in [-0.2, 0) is 19.9 Å². The number of aliphatic hydroxyl groups is 1. The van der Waals surface area contributed by atoms with E-state index in [1.807, 2.05) is 6.07 Å². The number of ether oxygens (including phenoxy) is 2. The Hall–Kier alpha value is -1.87. The number of pyridine rings is 1. The van der Waals surface area contributed by atoms with Gasteiger partial charge in [0.2, 0.25) is 5.91 Å². The summed E-state index contributed by atoms with van der Waals surface area (Å²) in [5, 5.41) is 13.7. The fraction of sp³-hybridized carbons (Fsp3) is 0.682. The Bertz CT molecular complexity index is 822. The highest BCUT2D eigenvalue weighted by molar-refractivity contribution is 6.19. The molecule has 3 aliphatic heterocycles. The number of fused-ring (bicyclic) bond motifs is 1. The average molecular weight is 417 g/mol. The first-order chi connectivity index (χ1) is 14.3. The number of carbonyl (C=O) groups excluding carboxylic acids is 1. The molecule has 5 unspecified atom stereocenters. The van der Waals surface area contributed by atoms with Crippen LogP contribution >= 0.6 is 0 Å². The molecular formula is C22H32N4O4. The van der Waals surface area contributed by atoms with Crippen LogP contribution in [0.4, 0.5) is 5.69 Å². The Morgan fingerprint density at radius 2 is 2.03 bits per heavy atom. The number of rotatable bonds is 5. The van der Waals surface area contributed by atoms with Gasteiger partial charge in [-0.15, -0.1) is 0 Å². The highest BCUT2D eigenvalue weighted by Gasteiger charge is 2.43. The number of methoxy groups -OCH3 is 2. The molecule has 0 saturated carbocycles. The average Bonchev–Trinajstić information content (AvgIpc) is 3.08. The van der Waals surface area contributed by atoms with Crippen molar-refractivity contribution in [1.29, 1.82) is 0 Å². The van der Waals surface area contributed by atoms with E-state index in [0.717, 1.165) is 37.2 Å². The van der Waals surface area contributed by atoms with E-state index in [1.165, 1.54) is 0 Å². The van der Waals surface area contributed by atoms with Crippen molar-refractivity contribution in [2.45, 2.75) is 57.1 Å². The van der Waals surface area contributed by atoms with E-state index < -0.39 is 5.60 Å². The lowest BCUT2D eigenvalue weighted by Gasteiger charge is -2.39. The first kappa shape index (κ1) is 21.4. The van der Waals surface area contributed by atoms with E-state index in [-0.39, 0.29) is 30.2 Å². The van der Waals surface area contributed by atoms with Gasteiger partial charge in [-0.05, 0) is 45.1 Å². The number of nitrogens with one attached hydrogen (secondary N) is 1. The number of hydrogen-bond acceptors (Lipinski definition) is 7. The lowest BCUT2D eigenvalue weighted by molar-refractivity contribution is -0.119. The summed E-state index contributed by atoms with van der Waals surface area (Å²) in [6.45, 7) is 4.76. The lowest BCUT2D eigenvalue weighted by Crippen LogP contribution is -2.53. The molecule has 2 saturated heterocycles. The van der Waals surface area contributed by atoms with Gasteiger partial charge in [-0.1, -0.05) is 0 Å². The molecular weight excluding hydrogens is 384 g/mol. The van der Waals surface area contributed by atoms with E-state index in [1.54, 1.807) is 45.4 Å². The Labute approximate surface area is 177 Å². The lowest BCUT2D eigenvalue weighted by atomic mass is 9.83. The molecule has 0 bridgehead atoms. The molecule has 2 fully saturated rings. The van der Waals surface area contributed by atoms with Gasteiger partial charge in [-0.25, -0.2) is 0 Å². The Balaban J connectivity index is 1.51. The van der Waals surface area contributed by atoms with Crippen molar-refractivity contribution in [1.82, 2.24) is 10.3 Å². The normalized spacial score (nSPS) is 32.2. The van der Waals surface area contributed by atoms with Gasteiger partial charge in [0.15, 0.2) is 0 Å². The van der Waals surface area contributed by atoms with Crippen molar-refractivity contribution in [3.63, 3.8) is 0 Å². The summed E-state index contributed by atoms with van der Waals surface area (Å²) in [6, 6.07) is 2.03. The van der Waals surface area contributed by atoms with Crippen LogP contribution in [0.2, 0.25) is 0 Å². The molecule has 8 nitrogen and oxygen atoms in total. The summed E-state index contributed by atoms with van der Waals surface area (Å²) in [5.41, 5.74) is 1.37. The molecule has 0 aromatic carbocycles. The van der Waals surface area contributed by atoms with Crippen LogP contribution in [0.1, 0.15) is 38.7 Å². The second-order valence-corrected chi connectivity index (χ2v) is 9.07. The zero-order valence-electron chi connectivity index (χ0n) is 18.2. The number of anilines is 1. The van der Waals surface area contributed by atoms with Crippen LogP contribution in [-0.4, -0.2) is 67.4 Å². The van der Waals surface area contributed by atoms with E-state index in [2.05, 4.69) is 10.3 Å². The molecule has 3 aliphatic rings. The third kappa shape index (κ3) is 4.01. The Kier molecular flexibility index (Phi) is 5.94. The fourth-order valence-electron chi connectivity index (χ4n) is 4.84. The highest BCUT2D eigenvalue weighted by atomic mass is 16.5. The van der Waals surface area contributed by atoms with Crippen LogP contribution in [0.3, 0.4) is 0 Å². The molecule has 0 radical (unpaired) electrons. The van der Waals surface area contributed by atoms with Gasteiger partial charge < -0.3 is 19.5 Å². The zero-order valence-corrected chi connectivity index (χ0v) is 18.2. The molecule has 2 N–H and O–H groups in total. The van der Waals surface area contributed by atoms with Crippen LogP contribution in [0.25, 0.3) is 0 Å². The first-order valence-electron chi connectivity index (χ1n) is 10.7. The topological polar surface area (TPSA) is 96.3 Å². The standard InChI is InChI=1S/C22H32N4O4/c1-22(2,28)14-8-15(11-23-10-14)26-12-18-16(21(26)27)5-6-17(25-18)13-7-19(29-3)20(30-4)24-9-13/h8,10-11,13,16-17,19-20,24,28H,5-7,9,12H2,1-4H3. The van der Waals surface area contributed by atoms with Gasteiger partial charge in [0, 0.05) is 38.2 Å². The summed E-state index contributed by atoms with van der Waals surface area (Å²) in [6.07, 6.45) is 5.85. The second-order valence-electron chi connectivity index (χ2n) is 9.07. The van der Waals surface area contributed by atoms with Gasteiger partial charge in [0.1, 0.15) is 6.23 Å². The predicted molar refractivity (Wildman–Crippen MR) is 113 cm³/mol. The predicted octanol–water partition coefficient (Wildman–Crippen LogP) is 1.47. The zero-order chi connectivity index (χ0) is 21.5. The molecule has 30 heavy (non-hydrogen) atoms. The quantitative estimate of drug-likeness (QED) is 0.755. The molecule has 0 aliphatic carbocycles. The third-order valence-corrected chi connectivity index (χ3v) is 6.67. The van der Waals surface area contributed by atoms with E-state index >= 15 is 0 Å². The van der Waals surface area contributed by atoms with Crippen molar-refractivity contribution < 1.29 is 19.4 Å². The number of aliphatic imine (C=N–C) groups is 1. The number of carbonyl (C=O) groups is 1. The summed E-state index contributed by atoms with van der Waals surface area (Å²) in [5.74, 6) is 0.297. The van der Waals surface area contributed by atoms with Crippen LogP contribution in [0.15, 0.2) is 23.5 Å². The van der Waals surface area contributed by atoms with Crippen molar-refractivity contribution in [2.24, 2.45) is 16.8 Å². The van der Waals surface area contributed by atoms with Crippen LogP contribution < -0.4 is 10.2 Å². The van der Waals surface area contributed by atoms with Gasteiger partial charge in [-0.2, -0.15) is 0 Å². The molecule has 8 heteroatoms. The van der Waals surface area contributed by atoms with E-state index in [9.17, 15) is 9.90 Å². The molecule has 1 aromatic rings. The van der Waals surface area contributed by atoms with E-state index in [4.69, 9.17) is 14.5 Å². The molecule has 0 spiro atoms. The van der Waals surface area contributed by atoms with Crippen LogP contribution in [0.5, 0.6) is 0 Å². The van der Waals surface area contributed by atoms with Gasteiger partial charge in [0.25, 0.3) is 0 Å². The van der Waals surface area contributed by atoms with Gasteiger partial charge in [-0.3, -0.25) is 20.1 Å². The van der Waals surface area contributed by atoms with Gasteiger partial charge in [0.05, 0.1) is 42.1 Å². The number of nitrogens with zero attached hydrogens (tertiary/aromatic N) is 3. The minimum atomic E-state index is -1.01. The number of amides is 1. The maximum atomic E-state index is 13.1. The third-order valence-electron chi connectivity index (χ3n) is 6.67. The Morgan fingerprint density at radius 1 is 1.23 bits per heavy atom. The number of hydrogen-bond donors (Lipinski definition) is 2. The second kappa shape index (κ2) is 8.34. The van der Waals surface area contributed by atoms with Crippen molar-refractivity contribution in [2.75, 3.05) is 32.2 Å². The summed E-state index contributed by atoms with van der Waals surface area (Å²) < 4.78 is 11.1. The van der Waals surface area contributed by atoms with Crippen LogP contribution in [0, 0.1) is 11.8 Å². The summed E-state index contributed by atoms with van der Waals surface area (Å²) in [7, 11) is 3.41. The summed E-state index contributed by atoms with van der Waals surface area (Å²) in [4.78, 5) is 24.1. The van der Waals surface area contributed by atoms with Crippen molar-refractivity contribution in [3.8, 4) is 0 Å². The molecule has 4 rings (SSSR count). The smallest absolute Gasteiger partial charge is 0.236 e. The molecule has 4 heterocycles. The minimum absolute atomic E-state index is 0.00373. The Morgan fingerprint density at radius 3 is 2.73 bits per heavy atom. The monoisotopic (exact) mass is 416 g/mol. The largest absolute Gasteiger partial charge is 0.386 e. The first-order valence-corrected chi connectivity index (χ1v) is 10.7. The minimum Gasteiger partial charge on any atom is -0.386 e. The number of piperidine rings is 1. The molecule has 1 amide bonds. The maximum absolute atomic E-state index is 13.1. The van der Waals surface area contributed by atoms with E-state index in [0.29, 0.717) is 18.0 Å². The van der Waals surface area contributed by atoms with Gasteiger partial charge >= 0.3 is 0 Å². The SMILES string of the molecule is COC1CC(C2CCC3C(=O)N(c4cncc(C(C)(C)O)c4)CC3=N2)CNC1OC. The fourth-order valence-corrected chi connectivity index (χ4v) is 4.84. The molecule has 5 atom stereocenters. The molecule has 1 aromatic heterocycles. The maximum Gasteiger partial charge on any atom is 0.236 e. The van der Waals surface area contributed by atoms with Crippen molar-refractivity contribution in [3.05, 3.63) is 24.0 Å². The number of aromatic nitrogens is 1.